The van der Waals surface area contributed by atoms with E-state index >= 15 is 0 Å². The molecule has 10 rings (SSSR count). The molecule has 4 aromatic carbocycles. The van der Waals surface area contributed by atoms with Gasteiger partial charge in [0.25, 0.3) is 0 Å². The number of aromatic nitrogens is 10. The Bertz CT molecular complexity index is 3260. The number of ether oxygens (including phenoxy) is 3. The number of benzene rings is 4. The number of aliphatic hydroxyl groups excluding tert-OH is 1. The van der Waals surface area contributed by atoms with Crippen LogP contribution in [0, 0.1) is 27.7 Å². The van der Waals surface area contributed by atoms with E-state index in [-0.39, 0.29) is 19.8 Å². The van der Waals surface area contributed by atoms with Crippen LogP contribution in [0.25, 0.3) is 44.9 Å². The molecule has 6 aromatic heterocycles. The van der Waals surface area contributed by atoms with E-state index in [1.54, 1.807) is 76.9 Å². The number of nitrogens with zero attached hydrogens (tertiary/aromatic N) is 10. The number of methoxy groups -OCH3 is 2. The molecule has 2 N–H and O–H groups in total. The van der Waals surface area contributed by atoms with Gasteiger partial charge in [0.05, 0.1) is 66.1 Å². The third kappa shape index (κ3) is 10.4. The molecule has 0 aliphatic carbocycles. The standard InChI is InChI=1S/C25H22ClN5O2.C19H19N5O2.C6H5ClO.CH4/c1-16-13-20(15-33-21-8-5-18(26)6-9-21)31-25(28-16)24(17(2)29-31)22-10-7-19(14-23(22)32-3)30-12-4-11-27-30;1-12-9-15(11-25)24-19(21-12)18(13(2)22-24)16-6-5-14(10-17(16)26-3)23-8-4-7-20-23;7-5-1-3-6(8)4-2-5;/h4-14H,15H2,1-3H3;4-10,25H,11H2,1-3H3;1-4,8H;1H4. The monoisotopic (exact) mass is 952 g/mol. The van der Waals surface area contributed by atoms with E-state index in [0.717, 1.165) is 79.2 Å². The Hall–Kier alpha value is -7.72. The molecule has 0 unspecified atom stereocenters. The zero-order chi connectivity index (χ0) is 47.2. The summed E-state index contributed by atoms with van der Waals surface area (Å²) < 4.78 is 24.5. The number of aryl methyl sites for hydroxylation is 4. The van der Waals surface area contributed by atoms with Crippen molar-refractivity contribution in [1.82, 2.24) is 48.8 Å². The third-order valence-corrected chi connectivity index (χ3v) is 11.1. The molecule has 6 heterocycles. The van der Waals surface area contributed by atoms with Gasteiger partial charge in [-0.15, -0.1) is 0 Å². The summed E-state index contributed by atoms with van der Waals surface area (Å²) in [5.74, 6) is 2.42. The first-order valence-electron chi connectivity index (χ1n) is 21.0. The minimum Gasteiger partial charge on any atom is -0.508 e. The maximum absolute atomic E-state index is 9.65. The molecule has 68 heavy (non-hydrogen) atoms. The zero-order valence-corrected chi connectivity index (χ0v) is 39.0. The zero-order valence-electron chi connectivity index (χ0n) is 37.5. The summed E-state index contributed by atoms with van der Waals surface area (Å²) >= 11 is 11.5. The number of hydrogen-bond donors (Lipinski definition) is 2. The van der Waals surface area contributed by atoms with Gasteiger partial charge in [-0.05, 0) is 125 Å². The first-order valence-corrected chi connectivity index (χ1v) is 21.7. The molecule has 0 saturated heterocycles. The van der Waals surface area contributed by atoms with Crippen LogP contribution in [0.1, 0.15) is 41.6 Å². The molecule has 15 nitrogen and oxygen atoms in total. The molecule has 0 radical (unpaired) electrons. The van der Waals surface area contributed by atoms with Crippen molar-refractivity contribution in [2.24, 2.45) is 0 Å². The van der Waals surface area contributed by atoms with Gasteiger partial charge in [-0.25, -0.2) is 28.4 Å². The molecule has 0 fully saturated rings. The van der Waals surface area contributed by atoms with Crippen molar-refractivity contribution in [2.45, 2.75) is 48.3 Å². The van der Waals surface area contributed by atoms with Gasteiger partial charge in [0.1, 0.15) is 29.6 Å². The Kier molecular flexibility index (Phi) is 15.1. The van der Waals surface area contributed by atoms with Crippen molar-refractivity contribution in [2.75, 3.05) is 14.2 Å². The number of aliphatic hydroxyl groups is 1. The van der Waals surface area contributed by atoms with Crippen LogP contribution in [0.4, 0.5) is 0 Å². The number of aromatic hydroxyl groups is 1. The molecule has 0 spiro atoms. The summed E-state index contributed by atoms with van der Waals surface area (Å²) in [6, 6.07) is 33.1. The van der Waals surface area contributed by atoms with E-state index in [9.17, 15) is 5.11 Å². The number of halogens is 2. The molecule has 17 heteroatoms. The molecule has 0 aliphatic heterocycles. The molecule has 348 valence electrons. The van der Waals surface area contributed by atoms with Crippen LogP contribution in [0.2, 0.25) is 10.0 Å². The fraction of sp³-hybridized carbons (Fsp3) is 0.176. The van der Waals surface area contributed by atoms with Gasteiger partial charge in [-0.3, -0.25) is 0 Å². The van der Waals surface area contributed by atoms with Crippen molar-refractivity contribution in [3.63, 3.8) is 0 Å². The summed E-state index contributed by atoms with van der Waals surface area (Å²) in [7, 11) is 3.31. The molecule has 0 atom stereocenters. The first kappa shape index (κ1) is 48.2. The molecule has 0 amide bonds. The van der Waals surface area contributed by atoms with E-state index in [0.29, 0.717) is 33.7 Å². The van der Waals surface area contributed by atoms with E-state index in [1.807, 2.05) is 117 Å². The van der Waals surface area contributed by atoms with Crippen LogP contribution in [-0.4, -0.2) is 73.2 Å². The average molecular weight is 954 g/mol. The fourth-order valence-corrected chi connectivity index (χ4v) is 7.77. The van der Waals surface area contributed by atoms with Gasteiger partial charge < -0.3 is 24.4 Å². The van der Waals surface area contributed by atoms with E-state index < -0.39 is 0 Å². The summed E-state index contributed by atoms with van der Waals surface area (Å²) in [5.41, 5.74) is 11.9. The Morgan fingerprint density at radius 2 is 1.04 bits per heavy atom. The largest absolute Gasteiger partial charge is 0.508 e. The van der Waals surface area contributed by atoms with Gasteiger partial charge in [-0.1, -0.05) is 30.6 Å². The van der Waals surface area contributed by atoms with Crippen LogP contribution in [0.5, 0.6) is 23.0 Å². The normalized spacial score (nSPS) is 10.8. The number of rotatable bonds is 10. The van der Waals surface area contributed by atoms with Crippen molar-refractivity contribution in [3.8, 4) is 56.6 Å². The van der Waals surface area contributed by atoms with Gasteiger partial charge in [-0.2, -0.15) is 20.4 Å². The SMILES string of the molecule is C.COc1cc(-n2cccn2)ccc1-c1c(C)nn2c(CO)cc(C)nc12.COc1cc(-n2cccn2)ccc1-c1c(C)nn2c(COc3ccc(Cl)cc3)cc(C)nc12.Oc1ccc(Cl)cc1. The summed E-state index contributed by atoms with van der Waals surface area (Å²) in [6.07, 6.45) is 7.26. The second-order valence-electron chi connectivity index (χ2n) is 15.2. The van der Waals surface area contributed by atoms with Crippen molar-refractivity contribution in [1.29, 1.82) is 0 Å². The highest BCUT2D eigenvalue weighted by molar-refractivity contribution is 6.30. The lowest BCUT2D eigenvalue weighted by Gasteiger charge is -2.12. The van der Waals surface area contributed by atoms with Gasteiger partial charge in [0, 0.05) is 69.5 Å². The minimum absolute atomic E-state index is 0. The smallest absolute Gasteiger partial charge is 0.163 e. The number of hydrogen-bond acceptors (Lipinski definition) is 11. The van der Waals surface area contributed by atoms with E-state index in [1.165, 1.54) is 0 Å². The van der Waals surface area contributed by atoms with Gasteiger partial charge in [0.15, 0.2) is 11.3 Å². The topological polar surface area (TPSA) is 164 Å². The summed E-state index contributed by atoms with van der Waals surface area (Å²) in [6.45, 7) is 8.03. The maximum Gasteiger partial charge on any atom is 0.163 e. The second-order valence-corrected chi connectivity index (χ2v) is 16.1. The highest BCUT2D eigenvalue weighted by atomic mass is 35.5. The Morgan fingerprint density at radius 3 is 1.47 bits per heavy atom. The summed E-state index contributed by atoms with van der Waals surface area (Å²) in [5, 5.41) is 37.6. The average Bonchev–Trinajstić information content (AvgIpc) is 4.18. The molecule has 0 saturated carbocycles. The molecule has 0 bridgehead atoms. The Labute approximate surface area is 403 Å². The third-order valence-electron chi connectivity index (χ3n) is 10.6. The second kappa shape index (κ2) is 21.3. The molecular formula is C51H50Cl2N10O5. The van der Waals surface area contributed by atoms with Gasteiger partial charge in [0.2, 0.25) is 0 Å². The lowest BCUT2D eigenvalue weighted by molar-refractivity contribution is 0.273. The van der Waals surface area contributed by atoms with Crippen molar-refractivity contribution in [3.05, 3.63) is 178 Å². The molecular weight excluding hydrogens is 904 g/mol. The predicted molar refractivity (Wildman–Crippen MR) is 265 cm³/mol. The molecule has 0 aliphatic rings. The van der Waals surface area contributed by atoms with Crippen LogP contribution in [0.3, 0.4) is 0 Å². The Balaban J connectivity index is 0.000000174. The maximum atomic E-state index is 9.65. The first-order chi connectivity index (χ1) is 32.4. The van der Waals surface area contributed by atoms with Gasteiger partial charge >= 0.3 is 0 Å². The van der Waals surface area contributed by atoms with Crippen molar-refractivity contribution < 1.29 is 24.4 Å². The molecule has 10 aromatic rings. The van der Waals surface area contributed by atoms with E-state index in [2.05, 4.69) is 20.3 Å². The highest BCUT2D eigenvalue weighted by Crippen LogP contribution is 2.38. The van der Waals surface area contributed by atoms with Crippen LogP contribution >= 0.6 is 23.2 Å². The van der Waals surface area contributed by atoms with Crippen LogP contribution in [0.15, 0.2) is 134 Å². The van der Waals surface area contributed by atoms with Crippen molar-refractivity contribution >= 4 is 34.5 Å². The number of phenolic OH excluding ortho intramolecular Hbond substituents is 1. The lowest BCUT2D eigenvalue weighted by Crippen LogP contribution is -2.06. The van der Waals surface area contributed by atoms with Crippen LogP contribution < -0.4 is 14.2 Å². The van der Waals surface area contributed by atoms with E-state index in [4.69, 9.17) is 52.6 Å². The predicted octanol–water partition coefficient (Wildman–Crippen LogP) is 10.8. The lowest BCUT2D eigenvalue weighted by atomic mass is 10.0. The number of phenols is 1. The fourth-order valence-electron chi connectivity index (χ4n) is 7.52. The Morgan fingerprint density at radius 1 is 0.588 bits per heavy atom. The highest BCUT2D eigenvalue weighted by Gasteiger charge is 2.21. The van der Waals surface area contributed by atoms with Crippen LogP contribution in [-0.2, 0) is 13.2 Å². The quantitative estimate of drug-likeness (QED) is 0.134. The number of fused-ring (bicyclic) bond motifs is 2. The summed E-state index contributed by atoms with van der Waals surface area (Å²) in [4.78, 5) is 9.45. The minimum atomic E-state index is -0.101.